The first-order chi connectivity index (χ1) is 8.34. The summed E-state index contributed by atoms with van der Waals surface area (Å²) in [6.45, 7) is 4.06. The molecule has 0 radical (unpaired) electrons. The predicted octanol–water partition coefficient (Wildman–Crippen LogP) is 1.75. The standard InChI is InChI=1S/C14H22N2O/c1-16-10-5-6-13(12-16)15-9-11-17-14-7-3-2-4-8-14/h2-4,7-8,13,15H,5-6,9-12H2,1H3. The maximum absolute atomic E-state index is 5.65. The summed E-state index contributed by atoms with van der Waals surface area (Å²) in [5.74, 6) is 0.954. The highest BCUT2D eigenvalue weighted by molar-refractivity contribution is 5.20. The van der Waals surface area contributed by atoms with Crippen LogP contribution < -0.4 is 10.1 Å². The van der Waals surface area contributed by atoms with E-state index in [1.54, 1.807) is 0 Å². The molecule has 1 saturated heterocycles. The van der Waals surface area contributed by atoms with E-state index in [0.29, 0.717) is 6.04 Å². The Morgan fingerprint density at radius 3 is 2.94 bits per heavy atom. The fourth-order valence-electron chi connectivity index (χ4n) is 2.28. The lowest BCUT2D eigenvalue weighted by molar-refractivity contribution is 0.217. The number of ether oxygens (including phenoxy) is 1. The minimum absolute atomic E-state index is 0.633. The summed E-state index contributed by atoms with van der Waals surface area (Å²) < 4.78 is 5.65. The molecule has 1 heterocycles. The van der Waals surface area contributed by atoms with E-state index in [0.717, 1.165) is 25.4 Å². The zero-order chi connectivity index (χ0) is 11.9. The van der Waals surface area contributed by atoms with E-state index in [1.807, 2.05) is 30.3 Å². The lowest BCUT2D eigenvalue weighted by Crippen LogP contribution is -2.45. The Morgan fingerprint density at radius 1 is 1.35 bits per heavy atom. The highest BCUT2D eigenvalue weighted by Crippen LogP contribution is 2.09. The van der Waals surface area contributed by atoms with Gasteiger partial charge in [0.15, 0.2) is 0 Å². The molecule has 3 nitrogen and oxygen atoms in total. The normalized spacial score (nSPS) is 21.4. The Balaban J connectivity index is 1.60. The molecular weight excluding hydrogens is 212 g/mol. The number of rotatable bonds is 5. The second-order valence-corrected chi connectivity index (χ2v) is 4.72. The maximum atomic E-state index is 5.65. The van der Waals surface area contributed by atoms with Gasteiger partial charge in [-0.25, -0.2) is 0 Å². The average Bonchev–Trinajstić information content (AvgIpc) is 2.36. The van der Waals surface area contributed by atoms with E-state index >= 15 is 0 Å². The van der Waals surface area contributed by atoms with Gasteiger partial charge in [-0.1, -0.05) is 18.2 Å². The van der Waals surface area contributed by atoms with Gasteiger partial charge in [0.1, 0.15) is 12.4 Å². The molecule has 17 heavy (non-hydrogen) atoms. The molecule has 0 bridgehead atoms. The molecule has 1 aliphatic heterocycles. The number of nitrogens with zero attached hydrogens (tertiary/aromatic N) is 1. The van der Waals surface area contributed by atoms with Gasteiger partial charge in [-0.3, -0.25) is 0 Å². The van der Waals surface area contributed by atoms with Crippen LogP contribution in [-0.4, -0.2) is 44.2 Å². The lowest BCUT2D eigenvalue weighted by Gasteiger charge is -2.30. The lowest BCUT2D eigenvalue weighted by atomic mass is 10.1. The predicted molar refractivity (Wildman–Crippen MR) is 70.5 cm³/mol. The van der Waals surface area contributed by atoms with Crippen LogP contribution in [0.1, 0.15) is 12.8 Å². The molecule has 1 aromatic rings. The summed E-state index contributed by atoms with van der Waals surface area (Å²) in [4.78, 5) is 2.39. The number of hydrogen-bond acceptors (Lipinski definition) is 3. The van der Waals surface area contributed by atoms with E-state index in [9.17, 15) is 0 Å². The maximum Gasteiger partial charge on any atom is 0.119 e. The third-order valence-electron chi connectivity index (χ3n) is 3.17. The van der Waals surface area contributed by atoms with Crippen LogP contribution in [0.3, 0.4) is 0 Å². The van der Waals surface area contributed by atoms with E-state index in [2.05, 4.69) is 17.3 Å². The number of benzene rings is 1. The number of likely N-dealkylation sites (tertiary alicyclic amines) is 1. The summed E-state index contributed by atoms with van der Waals surface area (Å²) in [7, 11) is 2.19. The van der Waals surface area contributed by atoms with Gasteiger partial charge in [-0.05, 0) is 38.6 Å². The molecule has 2 rings (SSSR count). The molecule has 94 valence electrons. The summed E-state index contributed by atoms with van der Waals surface area (Å²) in [6.07, 6.45) is 2.59. The molecule has 1 aromatic carbocycles. The second kappa shape index (κ2) is 6.62. The van der Waals surface area contributed by atoms with Gasteiger partial charge >= 0.3 is 0 Å². The van der Waals surface area contributed by atoms with Crippen molar-refractivity contribution in [3.05, 3.63) is 30.3 Å². The van der Waals surface area contributed by atoms with Crippen LogP contribution >= 0.6 is 0 Å². The molecule has 3 heteroatoms. The van der Waals surface area contributed by atoms with Gasteiger partial charge in [-0.15, -0.1) is 0 Å². The molecule has 0 aromatic heterocycles. The smallest absolute Gasteiger partial charge is 0.119 e. The summed E-state index contributed by atoms with van der Waals surface area (Å²) in [5.41, 5.74) is 0. The Bertz CT molecular complexity index is 315. The minimum atomic E-state index is 0.633. The van der Waals surface area contributed by atoms with E-state index < -0.39 is 0 Å². The highest BCUT2D eigenvalue weighted by Gasteiger charge is 2.15. The molecule has 1 unspecified atom stereocenters. The summed E-state index contributed by atoms with van der Waals surface area (Å²) in [5, 5.41) is 3.56. The number of likely N-dealkylation sites (N-methyl/N-ethyl adjacent to an activating group) is 1. The molecule has 0 saturated carbocycles. The Kier molecular flexibility index (Phi) is 4.83. The first-order valence-corrected chi connectivity index (χ1v) is 6.44. The van der Waals surface area contributed by atoms with E-state index in [4.69, 9.17) is 4.74 Å². The van der Waals surface area contributed by atoms with Crippen LogP contribution in [0.4, 0.5) is 0 Å². The Morgan fingerprint density at radius 2 is 2.18 bits per heavy atom. The average molecular weight is 234 g/mol. The third kappa shape index (κ3) is 4.36. The molecule has 1 atom stereocenters. The van der Waals surface area contributed by atoms with Gasteiger partial charge in [0, 0.05) is 19.1 Å². The van der Waals surface area contributed by atoms with Crippen molar-refractivity contribution in [2.45, 2.75) is 18.9 Å². The van der Waals surface area contributed by atoms with Crippen molar-refractivity contribution in [1.82, 2.24) is 10.2 Å². The van der Waals surface area contributed by atoms with E-state index in [1.165, 1.54) is 19.4 Å². The van der Waals surface area contributed by atoms with Crippen molar-refractivity contribution in [2.75, 3.05) is 33.3 Å². The van der Waals surface area contributed by atoms with Crippen LogP contribution in [0.15, 0.2) is 30.3 Å². The molecular formula is C14H22N2O. The van der Waals surface area contributed by atoms with Gasteiger partial charge in [0.05, 0.1) is 0 Å². The largest absolute Gasteiger partial charge is 0.492 e. The topological polar surface area (TPSA) is 24.5 Å². The van der Waals surface area contributed by atoms with Gasteiger partial charge in [0.25, 0.3) is 0 Å². The van der Waals surface area contributed by atoms with Gasteiger partial charge in [0.2, 0.25) is 0 Å². The summed E-state index contributed by atoms with van der Waals surface area (Å²) >= 11 is 0. The number of nitrogens with one attached hydrogen (secondary N) is 1. The number of para-hydroxylation sites is 1. The zero-order valence-electron chi connectivity index (χ0n) is 10.6. The molecule has 1 aliphatic rings. The Labute approximate surface area is 104 Å². The third-order valence-corrected chi connectivity index (χ3v) is 3.17. The highest BCUT2D eigenvalue weighted by atomic mass is 16.5. The SMILES string of the molecule is CN1CCCC(NCCOc2ccccc2)C1. The monoisotopic (exact) mass is 234 g/mol. The fourth-order valence-corrected chi connectivity index (χ4v) is 2.28. The minimum Gasteiger partial charge on any atom is -0.492 e. The molecule has 0 amide bonds. The zero-order valence-corrected chi connectivity index (χ0v) is 10.6. The molecule has 0 spiro atoms. The van der Waals surface area contributed by atoms with Crippen molar-refractivity contribution in [1.29, 1.82) is 0 Å². The van der Waals surface area contributed by atoms with E-state index in [-0.39, 0.29) is 0 Å². The molecule has 1 N–H and O–H groups in total. The number of hydrogen-bond donors (Lipinski definition) is 1. The van der Waals surface area contributed by atoms with Crippen LogP contribution in [0, 0.1) is 0 Å². The number of piperidine rings is 1. The van der Waals surface area contributed by atoms with Gasteiger partial charge in [-0.2, -0.15) is 0 Å². The quantitative estimate of drug-likeness (QED) is 0.786. The van der Waals surface area contributed by atoms with Crippen LogP contribution in [0.25, 0.3) is 0 Å². The summed E-state index contributed by atoms with van der Waals surface area (Å²) in [6, 6.07) is 10.6. The van der Waals surface area contributed by atoms with Crippen molar-refractivity contribution < 1.29 is 4.74 Å². The Hall–Kier alpha value is -1.06. The van der Waals surface area contributed by atoms with Crippen LogP contribution in [0.5, 0.6) is 5.75 Å². The first kappa shape index (κ1) is 12.4. The first-order valence-electron chi connectivity index (χ1n) is 6.44. The van der Waals surface area contributed by atoms with Gasteiger partial charge < -0.3 is 15.0 Å². The second-order valence-electron chi connectivity index (χ2n) is 4.72. The van der Waals surface area contributed by atoms with Crippen molar-refractivity contribution in [2.24, 2.45) is 0 Å². The van der Waals surface area contributed by atoms with Crippen molar-refractivity contribution >= 4 is 0 Å². The van der Waals surface area contributed by atoms with Crippen LogP contribution in [-0.2, 0) is 0 Å². The van der Waals surface area contributed by atoms with Crippen molar-refractivity contribution in [3.8, 4) is 5.75 Å². The molecule has 1 fully saturated rings. The van der Waals surface area contributed by atoms with Crippen LogP contribution in [0.2, 0.25) is 0 Å². The van der Waals surface area contributed by atoms with Crippen molar-refractivity contribution in [3.63, 3.8) is 0 Å². The fraction of sp³-hybridized carbons (Fsp3) is 0.571. The molecule has 0 aliphatic carbocycles.